The molecule has 1 aromatic heterocycles. The summed E-state index contributed by atoms with van der Waals surface area (Å²) >= 11 is 3.31. The first kappa shape index (κ1) is 15.2. The van der Waals surface area contributed by atoms with E-state index in [0.29, 0.717) is 24.6 Å². The van der Waals surface area contributed by atoms with E-state index in [1.54, 1.807) is 18.3 Å². The molecule has 0 aliphatic rings. The van der Waals surface area contributed by atoms with Gasteiger partial charge in [-0.15, -0.1) is 0 Å². The molecule has 2 aromatic rings. The van der Waals surface area contributed by atoms with E-state index >= 15 is 0 Å². The van der Waals surface area contributed by atoms with Crippen molar-refractivity contribution in [3.8, 4) is 5.75 Å². The van der Waals surface area contributed by atoms with Gasteiger partial charge in [0.1, 0.15) is 11.4 Å². The second kappa shape index (κ2) is 7.03. The van der Waals surface area contributed by atoms with Crippen molar-refractivity contribution in [1.29, 1.82) is 0 Å². The summed E-state index contributed by atoms with van der Waals surface area (Å²) in [4.78, 5) is 14.9. The molecule has 0 aliphatic carbocycles. The van der Waals surface area contributed by atoms with Crippen LogP contribution in [0, 0.1) is 10.1 Å². The van der Waals surface area contributed by atoms with Crippen molar-refractivity contribution in [2.45, 2.75) is 13.5 Å². The van der Waals surface area contributed by atoms with Crippen LogP contribution in [0.25, 0.3) is 0 Å². The maximum atomic E-state index is 11.1. The number of nitro groups is 1. The topological polar surface area (TPSA) is 77.3 Å². The van der Waals surface area contributed by atoms with Crippen molar-refractivity contribution in [3.63, 3.8) is 0 Å². The lowest BCUT2D eigenvalue weighted by Gasteiger charge is -2.09. The third-order valence-corrected chi connectivity index (χ3v) is 3.19. The fraction of sp³-hybridized carbons (Fsp3) is 0.214. The number of aromatic nitrogens is 1. The van der Waals surface area contributed by atoms with Gasteiger partial charge in [-0.2, -0.15) is 0 Å². The van der Waals surface area contributed by atoms with Gasteiger partial charge in [-0.1, -0.05) is 0 Å². The van der Waals surface area contributed by atoms with Gasteiger partial charge in [0.2, 0.25) is 0 Å². The Labute approximate surface area is 130 Å². The highest BCUT2D eigenvalue weighted by atomic mass is 79.9. The van der Waals surface area contributed by atoms with Crippen LogP contribution in [0.15, 0.2) is 41.0 Å². The smallest absolute Gasteiger partial charge is 0.296 e. The van der Waals surface area contributed by atoms with Gasteiger partial charge in [0.15, 0.2) is 0 Å². The Balaban J connectivity index is 2.15. The summed E-state index contributed by atoms with van der Waals surface area (Å²) < 4.78 is 6.17. The molecule has 1 heterocycles. The van der Waals surface area contributed by atoms with Crippen LogP contribution in [0.2, 0.25) is 0 Å². The molecule has 6 nitrogen and oxygen atoms in total. The summed E-state index contributed by atoms with van der Waals surface area (Å²) in [5, 5.41) is 14.1. The van der Waals surface area contributed by atoms with Gasteiger partial charge in [0.25, 0.3) is 5.69 Å². The van der Waals surface area contributed by atoms with Gasteiger partial charge in [0.05, 0.1) is 29.8 Å². The minimum Gasteiger partial charge on any atom is -0.494 e. The summed E-state index contributed by atoms with van der Waals surface area (Å²) in [6.45, 7) is 2.70. The molecule has 0 saturated heterocycles. The first-order valence-electron chi connectivity index (χ1n) is 6.35. The zero-order valence-electron chi connectivity index (χ0n) is 11.4. The predicted octanol–water partition coefficient (Wildman–Crippen LogP) is 3.76. The molecule has 0 amide bonds. The third-order valence-electron chi connectivity index (χ3n) is 2.73. The van der Waals surface area contributed by atoms with Crippen molar-refractivity contribution >= 4 is 27.3 Å². The number of benzene rings is 1. The maximum absolute atomic E-state index is 11.1. The standard InChI is InChI=1S/C14H14BrN3O3/c1-2-21-12-5-6-13(14(7-12)18(19)20)17-9-11-4-3-10(15)8-16-11/h3-8,17H,2,9H2,1H3. The Morgan fingerprint density at radius 2 is 2.19 bits per heavy atom. The molecule has 2 rings (SSSR count). The highest BCUT2D eigenvalue weighted by molar-refractivity contribution is 9.10. The van der Waals surface area contributed by atoms with E-state index in [4.69, 9.17) is 4.74 Å². The first-order chi connectivity index (χ1) is 10.1. The quantitative estimate of drug-likeness (QED) is 0.633. The van der Waals surface area contributed by atoms with E-state index in [9.17, 15) is 10.1 Å². The second-order valence-corrected chi connectivity index (χ2v) is 5.11. The number of nitrogens with zero attached hydrogens (tertiary/aromatic N) is 2. The predicted molar refractivity (Wildman–Crippen MR) is 83.5 cm³/mol. The van der Waals surface area contributed by atoms with Gasteiger partial charge in [0, 0.05) is 10.7 Å². The molecular formula is C14H14BrN3O3. The number of halogens is 1. The summed E-state index contributed by atoms with van der Waals surface area (Å²) in [5.74, 6) is 0.483. The van der Waals surface area contributed by atoms with Gasteiger partial charge >= 0.3 is 0 Å². The number of nitro benzene ring substituents is 1. The molecule has 7 heteroatoms. The Morgan fingerprint density at radius 1 is 1.38 bits per heavy atom. The summed E-state index contributed by atoms with van der Waals surface area (Å²) in [5.41, 5.74) is 1.22. The number of pyridine rings is 1. The number of ether oxygens (including phenoxy) is 1. The van der Waals surface area contributed by atoms with Gasteiger partial charge in [-0.3, -0.25) is 15.1 Å². The molecule has 0 radical (unpaired) electrons. The number of hydrogen-bond donors (Lipinski definition) is 1. The van der Waals surface area contributed by atoms with E-state index in [1.165, 1.54) is 6.07 Å². The average Bonchev–Trinajstić information content (AvgIpc) is 2.47. The van der Waals surface area contributed by atoms with E-state index in [0.717, 1.165) is 10.2 Å². The van der Waals surface area contributed by atoms with E-state index in [-0.39, 0.29) is 5.69 Å². The van der Waals surface area contributed by atoms with Crippen LogP contribution < -0.4 is 10.1 Å². The molecule has 0 fully saturated rings. The van der Waals surface area contributed by atoms with Crippen LogP contribution in [0.4, 0.5) is 11.4 Å². The van der Waals surface area contributed by atoms with E-state index in [2.05, 4.69) is 26.2 Å². The molecule has 1 aromatic carbocycles. The lowest BCUT2D eigenvalue weighted by Crippen LogP contribution is -2.04. The Hall–Kier alpha value is -2.15. The normalized spacial score (nSPS) is 10.2. The molecule has 0 atom stereocenters. The Morgan fingerprint density at radius 3 is 2.81 bits per heavy atom. The zero-order chi connectivity index (χ0) is 15.2. The molecule has 110 valence electrons. The Kier molecular flexibility index (Phi) is 5.10. The van der Waals surface area contributed by atoms with Crippen LogP contribution >= 0.6 is 15.9 Å². The number of rotatable bonds is 6. The zero-order valence-corrected chi connectivity index (χ0v) is 13.0. The molecule has 0 saturated carbocycles. The molecule has 0 unspecified atom stereocenters. The van der Waals surface area contributed by atoms with Gasteiger partial charge in [-0.25, -0.2) is 0 Å². The monoisotopic (exact) mass is 351 g/mol. The van der Waals surface area contributed by atoms with E-state index < -0.39 is 4.92 Å². The van der Waals surface area contributed by atoms with Crippen molar-refractivity contribution < 1.29 is 9.66 Å². The minimum atomic E-state index is -0.431. The molecule has 21 heavy (non-hydrogen) atoms. The summed E-state index contributed by atoms with van der Waals surface area (Å²) in [7, 11) is 0. The molecular weight excluding hydrogens is 338 g/mol. The lowest BCUT2D eigenvalue weighted by atomic mass is 10.2. The van der Waals surface area contributed by atoms with Crippen molar-refractivity contribution in [2.24, 2.45) is 0 Å². The molecule has 0 bridgehead atoms. The number of hydrogen-bond acceptors (Lipinski definition) is 5. The highest BCUT2D eigenvalue weighted by Gasteiger charge is 2.15. The van der Waals surface area contributed by atoms with Gasteiger partial charge < -0.3 is 10.1 Å². The van der Waals surface area contributed by atoms with Crippen LogP contribution in [-0.4, -0.2) is 16.5 Å². The van der Waals surface area contributed by atoms with Crippen molar-refractivity contribution in [1.82, 2.24) is 4.98 Å². The van der Waals surface area contributed by atoms with Crippen LogP contribution in [0.3, 0.4) is 0 Å². The Bertz CT molecular complexity index is 632. The van der Waals surface area contributed by atoms with Crippen molar-refractivity contribution in [2.75, 3.05) is 11.9 Å². The lowest BCUT2D eigenvalue weighted by molar-refractivity contribution is -0.384. The highest BCUT2D eigenvalue weighted by Crippen LogP contribution is 2.29. The van der Waals surface area contributed by atoms with Crippen molar-refractivity contribution in [3.05, 3.63) is 56.8 Å². The third kappa shape index (κ3) is 4.16. The number of anilines is 1. The molecule has 0 spiro atoms. The van der Waals surface area contributed by atoms with E-state index in [1.807, 2.05) is 19.1 Å². The van der Waals surface area contributed by atoms with Crippen LogP contribution in [-0.2, 0) is 6.54 Å². The van der Waals surface area contributed by atoms with Crippen LogP contribution in [0.1, 0.15) is 12.6 Å². The number of nitrogens with one attached hydrogen (secondary N) is 1. The van der Waals surface area contributed by atoms with Crippen LogP contribution in [0.5, 0.6) is 5.75 Å². The SMILES string of the molecule is CCOc1ccc(NCc2ccc(Br)cn2)c([N+](=O)[O-])c1. The molecule has 0 aliphatic heterocycles. The molecule has 1 N–H and O–H groups in total. The first-order valence-corrected chi connectivity index (χ1v) is 7.15. The average molecular weight is 352 g/mol. The second-order valence-electron chi connectivity index (χ2n) is 4.19. The fourth-order valence-corrected chi connectivity index (χ4v) is 2.00. The largest absolute Gasteiger partial charge is 0.494 e. The summed E-state index contributed by atoms with van der Waals surface area (Å²) in [6, 6.07) is 8.48. The fourth-order valence-electron chi connectivity index (χ4n) is 1.77. The summed E-state index contributed by atoms with van der Waals surface area (Å²) in [6.07, 6.45) is 1.68. The minimum absolute atomic E-state index is 0.0157. The maximum Gasteiger partial charge on any atom is 0.296 e. The van der Waals surface area contributed by atoms with Gasteiger partial charge in [-0.05, 0) is 47.1 Å².